The van der Waals surface area contributed by atoms with Crippen LogP contribution < -0.4 is 15.4 Å². The Kier molecular flexibility index (Phi) is 3.61. The van der Waals surface area contributed by atoms with E-state index < -0.39 is 0 Å². The van der Waals surface area contributed by atoms with E-state index in [2.05, 4.69) is 15.6 Å². The van der Waals surface area contributed by atoms with Gasteiger partial charge in [-0.15, -0.1) is 0 Å². The van der Waals surface area contributed by atoms with Crippen LogP contribution in [-0.2, 0) is 4.79 Å². The summed E-state index contributed by atoms with van der Waals surface area (Å²) < 4.78 is 5.81. The molecule has 0 aromatic carbocycles. The highest BCUT2D eigenvalue weighted by Crippen LogP contribution is 2.48. The Morgan fingerprint density at radius 3 is 2.86 bits per heavy atom. The molecule has 2 N–H and O–H groups in total. The maximum absolute atomic E-state index is 12.3. The SMILES string of the molecule is Cc1ncccc1OCC(C)(C)NC(=O)C1[C@H]2CNC[C@@H]12. The molecule has 2 fully saturated rings. The van der Waals surface area contributed by atoms with E-state index in [1.807, 2.05) is 32.9 Å². The van der Waals surface area contributed by atoms with Crippen LogP contribution in [0.3, 0.4) is 0 Å². The lowest BCUT2D eigenvalue weighted by Gasteiger charge is -2.27. The predicted octanol–water partition coefficient (Wildman–Crippen LogP) is 1.13. The Bertz CT molecular complexity index is 534. The molecule has 1 amide bonds. The van der Waals surface area contributed by atoms with Crippen LogP contribution in [-0.4, -0.2) is 36.1 Å². The van der Waals surface area contributed by atoms with Crippen LogP contribution >= 0.6 is 0 Å². The van der Waals surface area contributed by atoms with Crippen LogP contribution in [0.25, 0.3) is 0 Å². The van der Waals surface area contributed by atoms with E-state index in [-0.39, 0.29) is 17.4 Å². The zero-order chi connectivity index (χ0) is 15.0. The number of aromatic nitrogens is 1. The highest BCUT2D eigenvalue weighted by molar-refractivity contribution is 5.83. The van der Waals surface area contributed by atoms with Crippen LogP contribution in [0, 0.1) is 24.7 Å². The average molecular weight is 289 g/mol. The number of rotatable bonds is 5. The van der Waals surface area contributed by atoms with E-state index in [0.717, 1.165) is 24.5 Å². The van der Waals surface area contributed by atoms with Crippen molar-refractivity contribution in [3.8, 4) is 5.75 Å². The van der Waals surface area contributed by atoms with E-state index in [1.54, 1.807) is 6.20 Å². The summed E-state index contributed by atoms with van der Waals surface area (Å²) in [4.78, 5) is 16.5. The first-order valence-electron chi connectivity index (χ1n) is 7.55. The normalized spacial score (nSPS) is 27.1. The molecule has 1 aliphatic heterocycles. The lowest BCUT2D eigenvalue weighted by molar-refractivity contribution is -0.125. The Morgan fingerprint density at radius 2 is 2.19 bits per heavy atom. The molecule has 0 bridgehead atoms. The number of piperidine rings is 1. The smallest absolute Gasteiger partial charge is 0.224 e. The molecule has 1 saturated heterocycles. The molecule has 0 radical (unpaired) electrons. The molecule has 1 aromatic heterocycles. The standard InChI is InChI=1S/C16H23N3O2/c1-10-13(5-4-6-18-10)21-9-16(2,3)19-15(20)14-11-7-17-8-12(11)14/h4-6,11-12,14,17H,7-9H2,1-3H3,(H,19,20)/t11-,12+,14?. The average Bonchev–Trinajstić information content (AvgIpc) is 2.92. The van der Waals surface area contributed by atoms with Crippen molar-refractivity contribution in [1.29, 1.82) is 0 Å². The van der Waals surface area contributed by atoms with Crippen molar-refractivity contribution >= 4 is 5.91 Å². The Hall–Kier alpha value is -1.62. The molecule has 3 rings (SSSR count). The molecular weight excluding hydrogens is 266 g/mol. The van der Waals surface area contributed by atoms with Crippen LogP contribution in [0.5, 0.6) is 5.75 Å². The van der Waals surface area contributed by atoms with Gasteiger partial charge < -0.3 is 15.4 Å². The molecule has 5 nitrogen and oxygen atoms in total. The largest absolute Gasteiger partial charge is 0.489 e. The van der Waals surface area contributed by atoms with Crippen molar-refractivity contribution in [2.75, 3.05) is 19.7 Å². The summed E-state index contributed by atoms with van der Waals surface area (Å²) in [6.45, 7) is 8.30. The number of aryl methyl sites for hydroxylation is 1. The van der Waals surface area contributed by atoms with Gasteiger partial charge >= 0.3 is 0 Å². The van der Waals surface area contributed by atoms with Gasteiger partial charge in [0.25, 0.3) is 0 Å². The maximum Gasteiger partial charge on any atom is 0.224 e. The predicted molar refractivity (Wildman–Crippen MR) is 80.0 cm³/mol. The highest BCUT2D eigenvalue weighted by Gasteiger charge is 2.57. The minimum absolute atomic E-state index is 0.169. The number of hydrogen-bond acceptors (Lipinski definition) is 4. The number of carbonyl (C=O) groups is 1. The van der Waals surface area contributed by atoms with Crippen LogP contribution in [0.2, 0.25) is 0 Å². The minimum atomic E-state index is -0.385. The van der Waals surface area contributed by atoms with Gasteiger partial charge in [-0.05, 0) is 57.8 Å². The lowest BCUT2D eigenvalue weighted by Crippen LogP contribution is -2.49. The molecule has 0 spiro atoms. The first-order chi connectivity index (χ1) is 9.98. The van der Waals surface area contributed by atoms with Crippen molar-refractivity contribution < 1.29 is 9.53 Å². The molecule has 2 heterocycles. The van der Waals surface area contributed by atoms with Gasteiger partial charge in [0.2, 0.25) is 5.91 Å². The van der Waals surface area contributed by atoms with Gasteiger partial charge in [-0.2, -0.15) is 0 Å². The van der Waals surface area contributed by atoms with Crippen molar-refractivity contribution in [2.45, 2.75) is 26.3 Å². The van der Waals surface area contributed by atoms with Crippen LogP contribution in [0.15, 0.2) is 18.3 Å². The second kappa shape index (κ2) is 5.30. The number of amides is 1. The third-order valence-electron chi connectivity index (χ3n) is 4.40. The van der Waals surface area contributed by atoms with E-state index in [9.17, 15) is 4.79 Å². The fraction of sp³-hybridized carbons (Fsp3) is 0.625. The topological polar surface area (TPSA) is 63.2 Å². The Balaban J connectivity index is 1.52. The van der Waals surface area contributed by atoms with Gasteiger partial charge in [-0.1, -0.05) is 0 Å². The molecule has 1 aliphatic carbocycles. The summed E-state index contributed by atoms with van der Waals surface area (Å²) in [5.74, 6) is 2.23. The second-order valence-electron chi connectivity index (χ2n) is 6.76. The van der Waals surface area contributed by atoms with E-state index in [4.69, 9.17) is 4.74 Å². The molecule has 1 aromatic rings. The molecule has 114 valence electrons. The van der Waals surface area contributed by atoms with Crippen molar-refractivity contribution in [3.05, 3.63) is 24.0 Å². The number of ether oxygens (including phenoxy) is 1. The molecular formula is C16H23N3O2. The number of nitrogens with one attached hydrogen (secondary N) is 2. The quantitative estimate of drug-likeness (QED) is 0.853. The molecule has 21 heavy (non-hydrogen) atoms. The van der Waals surface area contributed by atoms with Gasteiger partial charge in [0, 0.05) is 12.1 Å². The third kappa shape index (κ3) is 3.02. The van der Waals surface area contributed by atoms with E-state index in [1.165, 1.54) is 0 Å². The van der Waals surface area contributed by atoms with E-state index >= 15 is 0 Å². The first kappa shape index (κ1) is 14.3. The summed E-state index contributed by atoms with van der Waals surface area (Å²) in [5.41, 5.74) is 0.478. The van der Waals surface area contributed by atoms with Crippen molar-refractivity contribution in [2.24, 2.45) is 17.8 Å². The Morgan fingerprint density at radius 1 is 1.48 bits per heavy atom. The van der Waals surface area contributed by atoms with E-state index in [0.29, 0.717) is 18.4 Å². The van der Waals surface area contributed by atoms with Crippen molar-refractivity contribution in [3.63, 3.8) is 0 Å². The lowest BCUT2D eigenvalue weighted by atomic mass is 10.1. The zero-order valence-electron chi connectivity index (χ0n) is 12.8. The number of pyridine rings is 1. The number of fused-ring (bicyclic) bond motifs is 1. The summed E-state index contributed by atoms with van der Waals surface area (Å²) >= 11 is 0. The number of hydrogen-bond donors (Lipinski definition) is 2. The maximum atomic E-state index is 12.3. The minimum Gasteiger partial charge on any atom is -0.489 e. The van der Waals surface area contributed by atoms with Crippen LogP contribution in [0.1, 0.15) is 19.5 Å². The summed E-state index contributed by atoms with van der Waals surface area (Å²) in [6, 6.07) is 3.75. The molecule has 2 aliphatic rings. The monoisotopic (exact) mass is 289 g/mol. The van der Waals surface area contributed by atoms with Gasteiger partial charge in [-0.25, -0.2) is 0 Å². The van der Waals surface area contributed by atoms with Gasteiger partial charge in [0.05, 0.1) is 11.2 Å². The van der Waals surface area contributed by atoms with Crippen molar-refractivity contribution in [1.82, 2.24) is 15.6 Å². The van der Waals surface area contributed by atoms with Gasteiger partial charge in [0.15, 0.2) is 0 Å². The third-order valence-corrected chi connectivity index (χ3v) is 4.40. The van der Waals surface area contributed by atoms with Crippen LogP contribution in [0.4, 0.5) is 0 Å². The first-order valence-corrected chi connectivity index (χ1v) is 7.55. The van der Waals surface area contributed by atoms with Gasteiger partial charge in [0.1, 0.15) is 12.4 Å². The molecule has 1 unspecified atom stereocenters. The Labute approximate surface area is 125 Å². The second-order valence-corrected chi connectivity index (χ2v) is 6.76. The molecule has 1 saturated carbocycles. The highest BCUT2D eigenvalue weighted by atomic mass is 16.5. The zero-order valence-corrected chi connectivity index (χ0v) is 12.8. The fourth-order valence-corrected chi connectivity index (χ4v) is 3.14. The molecule has 5 heteroatoms. The van der Waals surface area contributed by atoms with Gasteiger partial charge in [-0.3, -0.25) is 9.78 Å². The fourth-order valence-electron chi connectivity index (χ4n) is 3.14. The number of nitrogens with zero attached hydrogens (tertiary/aromatic N) is 1. The summed E-state index contributed by atoms with van der Waals surface area (Å²) in [7, 11) is 0. The molecule has 3 atom stereocenters. The summed E-state index contributed by atoms with van der Waals surface area (Å²) in [5, 5.41) is 6.44. The number of carbonyl (C=O) groups excluding carboxylic acids is 1. The summed E-state index contributed by atoms with van der Waals surface area (Å²) in [6.07, 6.45) is 1.75.